The lowest BCUT2D eigenvalue weighted by atomic mass is 9.65. The normalized spacial score (nSPS) is 20.6. The summed E-state index contributed by atoms with van der Waals surface area (Å²) in [5.74, 6) is 0.452. The highest BCUT2D eigenvalue weighted by Gasteiger charge is 2.48. The third kappa shape index (κ3) is 4.18. The SMILES string of the molecule is CN=C(NCC1(C2CC2)CCC1)NC(C)c1ccc(F)cc1F.I. The lowest BCUT2D eigenvalue weighted by Gasteiger charge is -2.43. The topological polar surface area (TPSA) is 36.4 Å². The van der Waals surface area contributed by atoms with Crippen LogP contribution in [0.2, 0.25) is 0 Å². The molecule has 2 saturated carbocycles. The molecular formula is C18H26F2IN3. The molecule has 2 aliphatic rings. The maximum Gasteiger partial charge on any atom is 0.191 e. The number of halogens is 3. The molecule has 0 aromatic heterocycles. The molecule has 0 bridgehead atoms. The fourth-order valence-electron chi connectivity index (χ4n) is 3.65. The molecule has 24 heavy (non-hydrogen) atoms. The van der Waals surface area contributed by atoms with Crippen molar-refractivity contribution in [3.8, 4) is 0 Å². The van der Waals surface area contributed by atoms with Crippen molar-refractivity contribution in [1.82, 2.24) is 10.6 Å². The van der Waals surface area contributed by atoms with Crippen molar-refractivity contribution in [2.75, 3.05) is 13.6 Å². The number of hydrogen-bond donors (Lipinski definition) is 2. The molecule has 0 spiro atoms. The minimum Gasteiger partial charge on any atom is -0.356 e. The van der Waals surface area contributed by atoms with Crippen LogP contribution in [-0.4, -0.2) is 19.6 Å². The lowest BCUT2D eigenvalue weighted by molar-refractivity contribution is 0.106. The molecule has 134 valence electrons. The van der Waals surface area contributed by atoms with E-state index in [4.69, 9.17) is 0 Å². The van der Waals surface area contributed by atoms with Crippen LogP contribution in [0.25, 0.3) is 0 Å². The number of rotatable bonds is 5. The molecule has 0 saturated heterocycles. The molecule has 0 aliphatic heterocycles. The monoisotopic (exact) mass is 449 g/mol. The molecule has 1 aromatic carbocycles. The molecule has 0 amide bonds. The van der Waals surface area contributed by atoms with Crippen molar-refractivity contribution in [2.45, 2.75) is 45.1 Å². The second kappa shape index (κ2) is 7.97. The van der Waals surface area contributed by atoms with E-state index in [2.05, 4.69) is 15.6 Å². The first kappa shape index (κ1) is 19.4. The molecular weight excluding hydrogens is 423 g/mol. The van der Waals surface area contributed by atoms with Crippen LogP contribution in [0, 0.1) is 23.0 Å². The number of benzene rings is 1. The smallest absolute Gasteiger partial charge is 0.191 e. The first-order chi connectivity index (χ1) is 11.0. The molecule has 0 heterocycles. The van der Waals surface area contributed by atoms with Gasteiger partial charge in [0.1, 0.15) is 11.6 Å². The van der Waals surface area contributed by atoms with Crippen molar-refractivity contribution in [2.24, 2.45) is 16.3 Å². The van der Waals surface area contributed by atoms with Crippen LogP contribution in [0.4, 0.5) is 8.78 Å². The van der Waals surface area contributed by atoms with E-state index in [1.807, 2.05) is 6.92 Å². The summed E-state index contributed by atoms with van der Waals surface area (Å²) in [6.07, 6.45) is 6.62. The fourth-order valence-corrected chi connectivity index (χ4v) is 3.65. The van der Waals surface area contributed by atoms with Crippen molar-refractivity contribution in [1.29, 1.82) is 0 Å². The quantitative estimate of drug-likeness (QED) is 0.398. The van der Waals surface area contributed by atoms with Crippen molar-refractivity contribution >= 4 is 29.9 Å². The van der Waals surface area contributed by atoms with Crippen LogP contribution in [0.5, 0.6) is 0 Å². The molecule has 2 fully saturated rings. The second-order valence-corrected chi connectivity index (χ2v) is 6.95. The number of guanidine groups is 1. The Hall–Kier alpha value is -0.920. The Morgan fingerprint density at radius 1 is 1.33 bits per heavy atom. The Labute approximate surface area is 159 Å². The molecule has 6 heteroatoms. The highest BCUT2D eigenvalue weighted by Crippen LogP contribution is 2.56. The Morgan fingerprint density at radius 2 is 2.04 bits per heavy atom. The minimum absolute atomic E-state index is 0. The van der Waals surface area contributed by atoms with E-state index in [-0.39, 0.29) is 30.0 Å². The van der Waals surface area contributed by atoms with Gasteiger partial charge in [0.2, 0.25) is 0 Å². The van der Waals surface area contributed by atoms with Crippen molar-refractivity contribution in [3.63, 3.8) is 0 Å². The summed E-state index contributed by atoms with van der Waals surface area (Å²) in [6, 6.07) is 3.40. The number of nitrogens with zero attached hydrogens (tertiary/aromatic N) is 1. The Morgan fingerprint density at radius 3 is 2.54 bits per heavy atom. The summed E-state index contributed by atoms with van der Waals surface area (Å²) in [6.45, 7) is 2.78. The van der Waals surface area contributed by atoms with E-state index in [0.717, 1.165) is 18.5 Å². The number of nitrogens with one attached hydrogen (secondary N) is 2. The van der Waals surface area contributed by atoms with Gasteiger partial charge in [0.05, 0.1) is 6.04 Å². The molecule has 1 atom stereocenters. The van der Waals surface area contributed by atoms with Gasteiger partial charge in [0, 0.05) is 25.2 Å². The summed E-state index contributed by atoms with van der Waals surface area (Å²) in [4.78, 5) is 4.24. The Kier molecular flexibility index (Phi) is 6.45. The van der Waals surface area contributed by atoms with Crippen LogP contribution >= 0.6 is 24.0 Å². The fraction of sp³-hybridized carbons (Fsp3) is 0.611. The van der Waals surface area contributed by atoms with Crippen LogP contribution < -0.4 is 10.6 Å². The van der Waals surface area contributed by atoms with Gasteiger partial charge in [0.15, 0.2) is 5.96 Å². The highest BCUT2D eigenvalue weighted by molar-refractivity contribution is 14.0. The van der Waals surface area contributed by atoms with Gasteiger partial charge in [-0.1, -0.05) is 12.5 Å². The van der Waals surface area contributed by atoms with Crippen LogP contribution in [0.1, 0.15) is 50.6 Å². The molecule has 2 aliphatic carbocycles. The summed E-state index contributed by atoms with van der Waals surface area (Å²) in [5, 5.41) is 6.61. The zero-order valence-electron chi connectivity index (χ0n) is 14.2. The average Bonchev–Trinajstić information content (AvgIpc) is 3.29. The van der Waals surface area contributed by atoms with Gasteiger partial charge in [-0.05, 0) is 50.0 Å². The van der Waals surface area contributed by atoms with Crippen LogP contribution in [0.15, 0.2) is 23.2 Å². The third-order valence-corrected chi connectivity index (χ3v) is 5.41. The Balaban J connectivity index is 0.00000208. The molecule has 3 rings (SSSR count). The van der Waals surface area contributed by atoms with E-state index in [1.54, 1.807) is 7.05 Å². The van der Waals surface area contributed by atoms with E-state index in [1.165, 1.54) is 44.2 Å². The molecule has 1 unspecified atom stereocenters. The van der Waals surface area contributed by atoms with Gasteiger partial charge >= 0.3 is 0 Å². The number of hydrogen-bond acceptors (Lipinski definition) is 1. The zero-order chi connectivity index (χ0) is 16.4. The van der Waals surface area contributed by atoms with Crippen molar-refractivity contribution in [3.05, 3.63) is 35.4 Å². The zero-order valence-corrected chi connectivity index (χ0v) is 16.6. The predicted octanol–water partition coefficient (Wildman–Crippen LogP) is 4.39. The predicted molar refractivity (Wildman–Crippen MR) is 104 cm³/mol. The molecule has 2 N–H and O–H groups in total. The van der Waals surface area contributed by atoms with Crippen molar-refractivity contribution < 1.29 is 8.78 Å². The summed E-state index contributed by atoms with van der Waals surface area (Å²) < 4.78 is 26.9. The van der Waals surface area contributed by atoms with Gasteiger partial charge in [-0.15, -0.1) is 24.0 Å². The van der Waals surface area contributed by atoms with E-state index >= 15 is 0 Å². The maximum atomic E-state index is 13.9. The largest absolute Gasteiger partial charge is 0.356 e. The minimum atomic E-state index is -0.558. The summed E-state index contributed by atoms with van der Waals surface area (Å²) in [5.41, 5.74) is 0.886. The van der Waals surface area contributed by atoms with Gasteiger partial charge in [-0.2, -0.15) is 0 Å². The van der Waals surface area contributed by atoms with Gasteiger partial charge < -0.3 is 10.6 Å². The van der Waals surface area contributed by atoms with E-state index < -0.39 is 11.6 Å². The van der Waals surface area contributed by atoms with Gasteiger partial charge in [0.25, 0.3) is 0 Å². The third-order valence-electron chi connectivity index (χ3n) is 5.41. The second-order valence-electron chi connectivity index (χ2n) is 6.95. The Bertz CT molecular complexity index is 598. The summed E-state index contributed by atoms with van der Waals surface area (Å²) in [7, 11) is 1.72. The van der Waals surface area contributed by atoms with E-state index in [9.17, 15) is 8.78 Å². The lowest BCUT2D eigenvalue weighted by Crippen LogP contribution is -2.48. The van der Waals surface area contributed by atoms with Crippen LogP contribution in [0.3, 0.4) is 0 Å². The number of aliphatic imine (C=N–C) groups is 1. The highest BCUT2D eigenvalue weighted by atomic mass is 127. The molecule has 0 radical (unpaired) electrons. The summed E-state index contributed by atoms with van der Waals surface area (Å²) >= 11 is 0. The molecule has 1 aromatic rings. The van der Waals surface area contributed by atoms with Crippen LogP contribution in [-0.2, 0) is 0 Å². The first-order valence-electron chi connectivity index (χ1n) is 8.46. The average molecular weight is 449 g/mol. The standard InChI is InChI=1S/C18H25F2N3.HI/c1-12(15-7-6-14(19)10-16(15)20)23-17(21-2)22-11-18(8-3-9-18)13-4-5-13;/h6-7,10,12-13H,3-5,8-9,11H2,1-2H3,(H2,21,22,23);1H. The molecule has 3 nitrogen and oxygen atoms in total. The van der Waals surface area contributed by atoms with E-state index in [0.29, 0.717) is 16.9 Å². The maximum absolute atomic E-state index is 13.9. The van der Waals surface area contributed by atoms with Gasteiger partial charge in [-0.3, -0.25) is 4.99 Å². The van der Waals surface area contributed by atoms with Gasteiger partial charge in [-0.25, -0.2) is 8.78 Å². The first-order valence-corrected chi connectivity index (χ1v) is 8.46.